The molecule has 0 fully saturated rings. The van der Waals surface area contributed by atoms with Crippen LogP contribution in [0.3, 0.4) is 0 Å². The summed E-state index contributed by atoms with van der Waals surface area (Å²) in [4.78, 5) is 23.5. The van der Waals surface area contributed by atoms with Gasteiger partial charge in [0.1, 0.15) is 5.69 Å². The molecule has 0 saturated carbocycles. The van der Waals surface area contributed by atoms with Gasteiger partial charge in [0.2, 0.25) is 5.91 Å². The summed E-state index contributed by atoms with van der Waals surface area (Å²) in [6, 6.07) is 6.16. The normalized spacial score (nSPS) is 15.3. The van der Waals surface area contributed by atoms with Crippen LogP contribution in [-0.2, 0) is 23.7 Å². The summed E-state index contributed by atoms with van der Waals surface area (Å²) in [5.41, 5.74) is 4.93. The van der Waals surface area contributed by atoms with Crippen LogP contribution >= 0.6 is 0 Å². The molecule has 8 nitrogen and oxygen atoms in total. The van der Waals surface area contributed by atoms with Gasteiger partial charge >= 0.3 is 0 Å². The van der Waals surface area contributed by atoms with Crippen molar-refractivity contribution in [2.75, 3.05) is 11.9 Å². The van der Waals surface area contributed by atoms with Crippen LogP contribution in [-0.4, -0.2) is 42.3 Å². The zero-order chi connectivity index (χ0) is 20.3. The standard InChI is InChI=1S/C21H21N7O/c1-21(2)15-6-5-13(9-16(15)27(4)20(21)29)10-17-24-19-18(14-11-23-26(3)12-14)22-7-8-28(19)25-17/h5-9,11-12H,10H2,1-4H3. The van der Waals surface area contributed by atoms with Crippen LogP contribution in [0, 0.1) is 0 Å². The fourth-order valence-corrected chi connectivity index (χ4v) is 4.00. The van der Waals surface area contributed by atoms with E-state index in [4.69, 9.17) is 4.98 Å². The molecule has 0 aliphatic carbocycles. The van der Waals surface area contributed by atoms with Crippen molar-refractivity contribution < 1.29 is 4.79 Å². The predicted octanol–water partition coefficient (Wildman–Crippen LogP) is 2.37. The van der Waals surface area contributed by atoms with Gasteiger partial charge in [-0.3, -0.25) is 14.5 Å². The lowest BCUT2D eigenvalue weighted by atomic mass is 9.85. The van der Waals surface area contributed by atoms with Crippen molar-refractivity contribution in [2.45, 2.75) is 25.7 Å². The Morgan fingerprint density at radius 1 is 1.17 bits per heavy atom. The molecule has 29 heavy (non-hydrogen) atoms. The Bertz CT molecular complexity index is 1270. The highest BCUT2D eigenvalue weighted by Crippen LogP contribution is 2.41. The number of anilines is 1. The first-order chi connectivity index (χ1) is 13.8. The molecule has 1 amide bonds. The lowest BCUT2D eigenvalue weighted by Crippen LogP contribution is -2.33. The van der Waals surface area contributed by atoms with Crippen molar-refractivity contribution in [2.24, 2.45) is 7.05 Å². The van der Waals surface area contributed by atoms with E-state index >= 15 is 0 Å². The van der Waals surface area contributed by atoms with Crippen LogP contribution < -0.4 is 4.90 Å². The van der Waals surface area contributed by atoms with Crippen molar-refractivity contribution in [3.63, 3.8) is 0 Å². The minimum atomic E-state index is -0.492. The van der Waals surface area contributed by atoms with E-state index < -0.39 is 5.41 Å². The van der Waals surface area contributed by atoms with Crippen LogP contribution in [0.4, 0.5) is 5.69 Å². The molecular weight excluding hydrogens is 366 g/mol. The number of carbonyl (C=O) groups excluding carboxylic acids is 1. The van der Waals surface area contributed by atoms with E-state index in [1.807, 2.05) is 40.2 Å². The molecule has 0 saturated heterocycles. The first-order valence-corrected chi connectivity index (χ1v) is 9.45. The van der Waals surface area contributed by atoms with Gasteiger partial charge in [-0.25, -0.2) is 9.50 Å². The Kier molecular flexibility index (Phi) is 3.61. The van der Waals surface area contributed by atoms with Gasteiger partial charge in [-0.05, 0) is 31.0 Å². The van der Waals surface area contributed by atoms with E-state index in [9.17, 15) is 4.79 Å². The second kappa shape index (κ2) is 5.97. The molecule has 3 aromatic heterocycles. The highest BCUT2D eigenvalue weighted by molar-refractivity contribution is 6.07. The van der Waals surface area contributed by atoms with Crippen LogP contribution in [0.1, 0.15) is 30.8 Å². The number of aryl methyl sites for hydroxylation is 1. The number of benzene rings is 1. The van der Waals surface area contributed by atoms with Gasteiger partial charge in [0.05, 0.1) is 11.6 Å². The number of rotatable bonds is 3. The van der Waals surface area contributed by atoms with E-state index in [1.165, 1.54) is 0 Å². The van der Waals surface area contributed by atoms with E-state index in [2.05, 4.69) is 27.3 Å². The highest BCUT2D eigenvalue weighted by atomic mass is 16.2. The van der Waals surface area contributed by atoms with E-state index in [0.717, 1.165) is 28.1 Å². The van der Waals surface area contributed by atoms with Gasteiger partial charge in [-0.1, -0.05) is 12.1 Å². The van der Waals surface area contributed by atoms with Crippen LogP contribution in [0.2, 0.25) is 0 Å². The summed E-state index contributed by atoms with van der Waals surface area (Å²) in [6.07, 6.45) is 7.76. The fourth-order valence-electron chi connectivity index (χ4n) is 4.00. The number of nitrogens with zero attached hydrogens (tertiary/aromatic N) is 7. The first-order valence-electron chi connectivity index (χ1n) is 9.45. The molecule has 0 bridgehead atoms. The largest absolute Gasteiger partial charge is 0.314 e. The molecule has 1 aliphatic rings. The Labute approximate surface area is 167 Å². The molecule has 0 atom stereocenters. The van der Waals surface area contributed by atoms with E-state index in [-0.39, 0.29) is 5.91 Å². The maximum Gasteiger partial charge on any atom is 0.236 e. The number of aromatic nitrogens is 6. The van der Waals surface area contributed by atoms with Crippen LogP contribution in [0.15, 0.2) is 43.0 Å². The fraction of sp³-hybridized carbons (Fsp3) is 0.286. The van der Waals surface area contributed by atoms with Gasteiger partial charge < -0.3 is 4.90 Å². The molecule has 0 radical (unpaired) electrons. The molecule has 0 spiro atoms. The molecule has 0 unspecified atom stereocenters. The molecule has 4 heterocycles. The Hall–Kier alpha value is -3.55. The van der Waals surface area contributed by atoms with Crippen LogP contribution in [0.25, 0.3) is 16.9 Å². The van der Waals surface area contributed by atoms with Crippen molar-refractivity contribution in [1.82, 2.24) is 29.4 Å². The summed E-state index contributed by atoms with van der Waals surface area (Å²) in [7, 11) is 3.70. The lowest BCUT2D eigenvalue weighted by molar-refractivity contribution is -0.121. The van der Waals surface area contributed by atoms with E-state index in [0.29, 0.717) is 17.9 Å². The maximum atomic E-state index is 12.5. The number of hydrogen-bond acceptors (Lipinski definition) is 5. The van der Waals surface area contributed by atoms with Gasteiger partial charge in [-0.2, -0.15) is 10.2 Å². The van der Waals surface area contributed by atoms with Gasteiger partial charge in [-0.15, -0.1) is 0 Å². The third-order valence-corrected chi connectivity index (χ3v) is 5.58. The summed E-state index contributed by atoms with van der Waals surface area (Å²) >= 11 is 0. The monoisotopic (exact) mass is 387 g/mol. The van der Waals surface area contributed by atoms with Crippen molar-refractivity contribution in [1.29, 1.82) is 0 Å². The molecule has 1 aliphatic heterocycles. The van der Waals surface area contributed by atoms with Gasteiger partial charge in [0.25, 0.3) is 0 Å². The quantitative estimate of drug-likeness (QED) is 0.539. The molecule has 0 N–H and O–H groups in total. The number of fused-ring (bicyclic) bond motifs is 2. The lowest BCUT2D eigenvalue weighted by Gasteiger charge is -2.16. The summed E-state index contributed by atoms with van der Waals surface area (Å²) in [5.74, 6) is 0.817. The average Bonchev–Trinajstić information content (AvgIpc) is 3.35. The number of carbonyl (C=O) groups is 1. The summed E-state index contributed by atoms with van der Waals surface area (Å²) < 4.78 is 3.48. The van der Waals surface area contributed by atoms with E-state index in [1.54, 1.807) is 32.7 Å². The SMILES string of the molecule is CN1C(=O)C(C)(C)c2ccc(Cc3nc4c(-c5cnn(C)c5)nccn4n3)cc21. The number of hydrogen-bond donors (Lipinski definition) is 0. The van der Waals surface area contributed by atoms with Crippen molar-refractivity contribution in [3.8, 4) is 11.3 Å². The molecule has 5 rings (SSSR count). The zero-order valence-electron chi connectivity index (χ0n) is 16.8. The summed E-state index contributed by atoms with van der Waals surface area (Å²) in [6.45, 7) is 3.93. The topological polar surface area (TPSA) is 81.2 Å². The number of likely N-dealkylation sites (N-methyl/N-ethyl adjacent to an activating group) is 1. The third-order valence-electron chi connectivity index (χ3n) is 5.58. The molecule has 1 aromatic carbocycles. The highest BCUT2D eigenvalue weighted by Gasteiger charge is 2.42. The van der Waals surface area contributed by atoms with Crippen molar-refractivity contribution in [3.05, 3.63) is 59.9 Å². The predicted molar refractivity (Wildman–Crippen MR) is 109 cm³/mol. The minimum Gasteiger partial charge on any atom is -0.314 e. The Morgan fingerprint density at radius 3 is 2.76 bits per heavy atom. The Balaban J connectivity index is 1.52. The van der Waals surface area contributed by atoms with Crippen molar-refractivity contribution >= 4 is 17.2 Å². The first kappa shape index (κ1) is 17.5. The van der Waals surface area contributed by atoms with Gasteiger partial charge in [0.15, 0.2) is 11.5 Å². The average molecular weight is 387 g/mol. The zero-order valence-corrected chi connectivity index (χ0v) is 16.8. The second-order valence-corrected chi connectivity index (χ2v) is 7.99. The molecule has 146 valence electrons. The molecular formula is C21H21N7O. The number of amides is 1. The minimum absolute atomic E-state index is 0.114. The molecule has 8 heteroatoms. The summed E-state index contributed by atoms with van der Waals surface area (Å²) in [5, 5.41) is 8.83. The second-order valence-electron chi connectivity index (χ2n) is 7.99. The van der Waals surface area contributed by atoms with Gasteiger partial charge in [0, 0.05) is 50.4 Å². The third kappa shape index (κ3) is 2.63. The molecule has 4 aromatic rings. The maximum absolute atomic E-state index is 12.5. The van der Waals surface area contributed by atoms with Crippen LogP contribution in [0.5, 0.6) is 0 Å². The smallest absolute Gasteiger partial charge is 0.236 e. The Morgan fingerprint density at radius 2 is 2.00 bits per heavy atom.